The molecule has 1 fully saturated rings. The zero-order valence-corrected chi connectivity index (χ0v) is 31.5. The first-order valence-electron chi connectivity index (χ1n) is 15.9. The molecule has 3 N–H and O–H groups in total. The maximum Gasteiger partial charge on any atom is 0.408 e. The molecule has 0 spiro atoms. The van der Waals surface area contributed by atoms with Crippen LogP contribution >= 0.6 is 11.3 Å². The van der Waals surface area contributed by atoms with E-state index in [1.807, 2.05) is 45.9 Å². The molecule has 3 atom stereocenters. The third-order valence-electron chi connectivity index (χ3n) is 8.73. The lowest BCUT2D eigenvalue weighted by Gasteiger charge is -2.38. The standard InChI is InChI=1S/C34H54N4O6SSi/c1-21-27(45-20-36-21)22-13-14-23(24(15-22)19-39)17-35-29(40)26-16-25(44-46(11,12)34(8,9)10)18-38(26)30(41)28(32(2,3)4)37-31(42)43-33(5,6)7/h13-15,20,25-26,28,39H,16-19H2,1-12H3,(H,35,40)(H,37,42)/t25-,26+,28-/m1/s1. The molecule has 0 aliphatic carbocycles. The number of amides is 3. The van der Waals surface area contributed by atoms with Crippen molar-refractivity contribution in [1.29, 1.82) is 0 Å². The molecule has 0 saturated carbocycles. The molecule has 3 amide bonds. The average Bonchev–Trinajstić information content (AvgIpc) is 3.53. The van der Waals surface area contributed by atoms with Crippen molar-refractivity contribution in [3.8, 4) is 10.4 Å². The van der Waals surface area contributed by atoms with Gasteiger partial charge in [-0.3, -0.25) is 9.59 Å². The van der Waals surface area contributed by atoms with Crippen molar-refractivity contribution in [2.75, 3.05) is 6.54 Å². The molecule has 46 heavy (non-hydrogen) atoms. The molecule has 0 unspecified atom stereocenters. The number of aliphatic hydroxyl groups excluding tert-OH is 1. The van der Waals surface area contributed by atoms with Crippen molar-refractivity contribution in [3.63, 3.8) is 0 Å². The van der Waals surface area contributed by atoms with Crippen LogP contribution in [-0.4, -0.2) is 71.5 Å². The Kier molecular flexibility index (Phi) is 11.6. The molecular formula is C34H54N4O6SSi. The Balaban J connectivity index is 1.88. The first kappa shape index (κ1) is 37.7. The van der Waals surface area contributed by atoms with Gasteiger partial charge in [0.15, 0.2) is 8.32 Å². The van der Waals surface area contributed by atoms with Crippen LogP contribution in [0.4, 0.5) is 4.79 Å². The van der Waals surface area contributed by atoms with Crippen molar-refractivity contribution in [1.82, 2.24) is 20.5 Å². The molecule has 1 aromatic heterocycles. The van der Waals surface area contributed by atoms with E-state index in [-0.39, 0.29) is 42.7 Å². The number of alkyl carbamates (subject to hydrolysis) is 1. The smallest absolute Gasteiger partial charge is 0.408 e. The quantitative estimate of drug-likeness (QED) is 0.272. The highest BCUT2D eigenvalue weighted by Crippen LogP contribution is 2.39. The number of benzene rings is 1. The van der Waals surface area contributed by atoms with Gasteiger partial charge in [0.1, 0.15) is 17.7 Å². The van der Waals surface area contributed by atoms with E-state index in [9.17, 15) is 19.5 Å². The van der Waals surface area contributed by atoms with E-state index < -0.39 is 37.5 Å². The number of rotatable bonds is 9. The lowest BCUT2D eigenvalue weighted by atomic mass is 9.85. The van der Waals surface area contributed by atoms with Crippen LogP contribution in [0.25, 0.3) is 10.4 Å². The summed E-state index contributed by atoms with van der Waals surface area (Å²) in [6, 6.07) is 4.05. The zero-order chi connectivity index (χ0) is 34.8. The number of carbonyl (C=O) groups excluding carboxylic acids is 3. The summed E-state index contributed by atoms with van der Waals surface area (Å²) in [6.07, 6.45) is -0.690. The summed E-state index contributed by atoms with van der Waals surface area (Å²) in [4.78, 5) is 47.9. The van der Waals surface area contributed by atoms with Crippen molar-refractivity contribution in [2.24, 2.45) is 5.41 Å². The normalized spacial score (nSPS) is 18.3. The lowest BCUT2D eigenvalue weighted by Crippen LogP contribution is -2.58. The highest BCUT2D eigenvalue weighted by Gasteiger charge is 2.48. The molecule has 0 bridgehead atoms. The van der Waals surface area contributed by atoms with Crippen LogP contribution < -0.4 is 10.6 Å². The van der Waals surface area contributed by atoms with E-state index in [0.29, 0.717) is 12.0 Å². The lowest BCUT2D eigenvalue weighted by molar-refractivity contribution is -0.142. The molecule has 1 aliphatic rings. The van der Waals surface area contributed by atoms with Crippen LogP contribution in [0.1, 0.15) is 85.6 Å². The second kappa shape index (κ2) is 14.1. The Bertz CT molecular complexity index is 1410. The van der Waals surface area contributed by atoms with E-state index >= 15 is 0 Å². The SMILES string of the molecule is Cc1ncsc1-c1ccc(CNC(=O)[C@@H]2C[C@@H](O[Si](C)(C)C(C)(C)C)CN2C(=O)[C@@H](NC(=O)OC(C)(C)C)C(C)(C)C)c(CO)c1. The van der Waals surface area contributed by atoms with Gasteiger partial charge in [0, 0.05) is 19.5 Å². The second-order valence-corrected chi connectivity index (χ2v) is 21.4. The summed E-state index contributed by atoms with van der Waals surface area (Å²) in [5.74, 6) is -0.675. The second-order valence-electron chi connectivity index (χ2n) is 15.8. The number of aliphatic hydroxyl groups is 1. The fourth-order valence-corrected chi connectivity index (χ4v) is 7.33. The van der Waals surface area contributed by atoms with E-state index in [4.69, 9.17) is 9.16 Å². The number of aryl methyl sites for hydroxylation is 1. The first-order valence-corrected chi connectivity index (χ1v) is 19.7. The molecule has 2 aromatic rings. The number of nitrogens with one attached hydrogen (secondary N) is 2. The van der Waals surface area contributed by atoms with Gasteiger partial charge in [-0.05, 0) is 74.0 Å². The highest BCUT2D eigenvalue weighted by molar-refractivity contribution is 7.13. The molecule has 1 aliphatic heterocycles. The molecule has 3 rings (SSSR count). The third kappa shape index (κ3) is 9.39. The van der Waals surface area contributed by atoms with Gasteiger partial charge in [0.2, 0.25) is 11.8 Å². The van der Waals surface area contributed by atoms with Gasteiger partial charge < -0.3 is 29.8 Å². The molecule has 12 heteroatoms. The Labute approximate surface area is 279 Å². The molecule has 2 heterocycles. The number of thiazole rings is 1. The van der Waals surface area contributed by atoms with Crippen LogP contribution in [0.15, 0.2) is 23.7 Å². The zero-order valence-electron chi connectivity index (χ0n) is 29.7. The minimum atomic E-state index is -2.22. The summed E-state index contributed by atoms with van der Waals surface area (Å²) in [5.41, 5.74) is 3.76. The van der Waals surface area contributed by atoms with E-state index in [0.717, 1.165) is 21.7 Å². The molecule has 10 nitrogen and oxygen atoms in total. The van der Waals surface area contributed by atoms with Gasteiger partial charge in [0.25, 0.3) is 0 Å². The summed E-state index contributed by atoms with van der Waals surface area (Å²) in [7, 11) is -2.22. The molecule has 1 aromatic carbocycles. The van der Waals surface area contributed by atoms with Crippen LogP contribution in [0.5, 0.6) is 0 Å². The minimum absolute atomic E-state index is 0.0566. The highest BCUT2D eigenvalue weighted by atomic mass is 32.1. The van der Waals surface area contributed by atoms with Crippen molar-refractivity contribution in [3.05, 3.63) is 40.5 Å². The van der Waals surface area contributed by atoms with Gasteiger partial charge in [0.05, 0.1) is 28.8 Å². The summed E-state index contributed by atoms with van der Waals surface area (Å²) in [5, 5.41) is 15.9. The van der Waals surface area contributed by atoms with Gasteiger partial charge in [-0.2, -0.15) is 0 Å². The molecular weight excluding hydrogens is 621 g/mol. The molecule has 256 valence electrons. The van der Waals surface area contributed by atoms with Gasteiger partial charge in [-0.1, -0.05) is 53.7 Å². The number of ether oxygens (including phenoxy) is 1. The fraction of sp³-hybridized carbons (Fsp3) is 0.647. The van der Waals surface area contributed by atoms with E-state index in [1.165, 1.54) is 11.3 Å². The maximum absolute atomic E-state index is 14.3. The van der Waals surface area contributed by atoms with Crippen molar-refractivity contribution in [2.45, 2.75) is 131 Å². The number of hydrogen-bond donors (Lipinski definition) is 3. The Morgan fingerprint density at radius 3 is 2.26 bits per heavy atom. The molecule has 0 radical (unpaired) electrons. The topological polar surface area (TPSA) is 130 Å². The van der Waals surface area contributed by atoms with Crippen LogP contribution in [-0.2, 0) is 31.9 Å². The summed E-state index contributed by atoms with van der Waals surface area (Å²) >= 11 is 1.54. The van der Waals surface area contributed by atoms with Crippen molar-refractivity contribution < 1.29 is 28.7 Å². The number of aromatic nitrogens is 1. The van der Waals surface area contributed by atoms with Crippen LogP contribution in [0.3, 0.4) is 0 Å². The maximum atomic E-state index is 14.3. The summed E-state index contributed by atoms with van der Waals surface area (Å²) in [6.45, 7) is 23.9. The Morgan fingerprint density at radius 1 is 1.09 bits per heavy atom. The first-order chi connectivity index (χ1) is 21.0. The predicted molar refractivity (Wildman–Crippen MR) is 185 cm³/mol. The van der Waals surface area contributed by atoms with Gasteiger partial charge >= 0.3 is 6.09 Å². The number of likely N-dealkylation sites (tertiary alicyclic amines) is 1. The Hall–Kier alpha value is -2.80. The van der Waals surface area contributed by atoms with Gasteiger partial charge in [-0.25, -0.2) is 9.78 Å². The van der Waals surface area contributed by atoms with Crippen molar-refractivity contribution >= 4 is 37.6 Å². The third-order valence-corrected chi connectivity index (χ3v) is 14.2. The summed E-state index contributed by atoms with van der Waals surface area (Å²) < 4.78 is 12.2. The predicted octanol–water partition coefficient (Wildman–Crippen LogP) is 6.16. The minimum Gasteiger partial charge on any atom is -0.444 e. The van der Waals surface area contributed by atoms with Crippen LogP contribution in [0.2, 0.25) is 18.1 Å². The van der Waals surface area contributed by atoms with E-state index in [2.05, 4.69) is 49.5 Å². The number of hydrogen-bond acceptors (Lipinski definition) is 8. The average molecular weight is 675 g/mol. The number of carbonyl (C=O) groups is 3. The monoisotopic (exact) mass is 674 g/mol. The van der Waals surface area contributed by atoms with Crippen LogP contribution in [0, 0.1) is 12.3 Å². The van der Waals surface area contributed by atoms with Gasteiger partial charge in [-0.15, -0.1) is 11.3 Å². The Morgan fingerprint density at radius 2 is 1.74 bits per heavy atom. The fourth-order valence-electron chi connectivity index (χ4n) is 5.17. The number of nitrogens with zero attached hydrogens (tertiary/aromatic N) is 2. The molecule has 1 saturated heterocycles. The largest absolute Gasteiger partial charge is 0.444 e. The van der Waals surface area contributed by atoms with E-state index in [1.54, 1.807) is 31.2 Å².